The van der Waals surface area contributed by atoms with Crippen LogP contribution in [0.3, 0.4) is 0 Å². The summed E-state index contributed by atoms with van der Waals surface area (Å²) in [7, 11) is -3.96. The van der Waals surface area contributed by atoms with Crippen molar-refractivity contribution in [3.05, 3.63) is 42.5 Å². The van der Waals surface area contributed by atoms with Gasteiger partial charge in [0.05, 0.1) is 4.90 Å². The lowest BCUT2D eigenvalue weighted by Gasteiger charge is -2.09. The van der Waals surface area contributed by atoms with Gasteiger partial charge in [0.1, 0.15) is 0 Å². The Morgan fingerprint density at radius 3 is 2.35 bits per heavy atom. The highest BCUT2D eigenvalue weighted by atomic mass is 32.2. The standard InChI is InChI=1S/C15H15N3O4S/c19-14(16-12-6-7-12)15(20)17-18-23(21,22)13-8-5-10-3-1-2-4-11(10)9-13/h1-5,8-9,12,18H,6-7H2,(H,16,19)(H,17,20). The van der Waals surface area contributed by atoms with E-state index in [1.165, 1.54) is 12.1 Å². The molecule has 0 heterocycles. The van der Waals surface area contributed by atoms with Crippen LogP contribution in [-0.4, -0.2) is 26.3 Å². The predicted octanol–water partition coefficient (Wildman–Crippen LogP) is 0.428. The molecule has 23 heavy (non-hydrogen) atoms. The summed E-state index contributed by atoms with van der Waals surface area (Å²) in [6, 6.07) is 11.9. The molecule has 0 aliphatic heterocycles. The Hall–Kier alpha value is -2.45. The number of benzene rings is 2. The third-order valence-electron chi connectivity index (χ3n) is 3.45. The molecule has 0 unspecified atom stereocenters. The quantitative estimate of drug-likeness (QED) is 0.557. The highest BCUT2D eigenvalue weighted by Gasteiger charge is 2.27. The van der Waals surface area contributed by atoms with Gasteiger partial charge in [0, 0.05) is 6.04 Å². The molecule has 0 saturated heterocycles. The van der Waals surface area contributed by atoms with Gasteiger partial charge in [-0.3, -0.25) is 15.0 Å². The van der Waals surface area contributed by atoms with E-state index in [4.69, 9.17) is 0 Å². The van der Waals surface area contributed by atoms with E-state index in [0.717, 1.165) is 23.6 Å². The minimum Gasteiger partial charge on any atom is -0.345 e. The van der Waals surface area contributed by atoms with Gasteiger partial charge >= 0.3 is 11.8 Å². The van der Waals surface area contributed by atoms with E-state index in [-0.39, 0.29) is 10.9 Å². The van der Waals surface area contributed by atoms with Crippen molar-refractivity contribution in [2.75, 3.05) is 0 Å². The predicted molar refractivity (Wildman–Crippen MR) is 83.6 cm³/mol. The van der Waals surface area contributed by atoms with Crippen LogP contribution in [0.4, 0.5) is 0 Å². The maximum Gasteiger partial charge on any atom is 0.324 e. The van der Waals surface area contributed by atoms with Gasteiger partial charge in [-0.2, -0.15) is 0 Å². The Balaban J connectivity index is 1.69. The fourth-order valence-electron chi connectivity index (χ4n) is 2.04. The van der Waals surface area contributed by atoms with Gasteiger partial charge in [0.2, 0.25) is 0 Å². The molecule has 1 aliphatic rings. The molecular weight excluding hydrogens is 318 g/mol. The molecule has 0 aromatic heterocycles. The second-order valence-electron chi connectivity index (χ2n) is 5.32. The topological polar surface area (TPSA) is 104 Å². The average Bonchev–Trinajstić information content (AvgIpc) is 3.36. The molecule has 7 nitrogen and oxygen atoms in total. The lowest BCUT2D eigenvalue weighted by atomic mass is 10.1. The summed E-state index contributed by atoms with van der Waals surface area (Å²) in [4.78, 5) is 24.9. The van der Waals surface area contributed by atoms with Gasteiger partial charge in [-0.25, -0.2) is 8.42 Å². The van der Waals surface area contributed by atoms with Gasteiger partial charge in [-0.15, -0.1) is 4.83 Å². The van der Waals surface area contributed by atoms with Crippen LogP contribution in [0.2, 0.25) is 0 Å². The third kappa shape index (κ3) is 3.66. The fourth-order valence-corrected chi connectivity index (χ4v) is 2.92. The minimum atomic E-state index is -3.96. The maximum absolute atomic E-state index is 12.2. The molecule has 2 aromatic carbocycles. The third-order valence-corrected chi connectivity index (χ3v) is 4.69. The molecule has 1 saturated carbocycles. The van der Waals surface area contributed by atoms with E-state index in [2.05, 4.69) is 5.32 Å². The maximum atomic E-state index is 12.2. The number of rotatable bonds is 4. The first-order valence-electron chi connectivity index (χ1n) is 7.07. The molecular formula is C15H15N3O4S. The molecule has 3 rings (SSSR count). The van der Waals surface area contributed by atoms with E-state index in [1.54, 1.807) is 18.2 Å². The Kier molecular flexibility index (Phi) is 4.01. The molecule has 3 N–H and O–H groups in total. The van der Waals surface area contributed by atoms with E-state index in [1.807, 2.05) is 22.4 Å². The smallest absolute Gasteiger partial charge is 0.324 e. The summed E-state index contributed by atoms with van der Waals surface area (Å²) in [6.07, 6.45) is 1.67. The molecule has 0 atom stereocenters. The van der Waals surface area contributed by atoms with Crippen LogP contribution >= 0.6 is 0 Å². The molecule has 1 aliphatic carbocycles. The summed E-state index contributed by atoms with van der Waals surface area (Å²) < 4.78 is 24.4. The van der Waals surface area contributed by atoms with Gasteiger partial charge < -0.3 is 5.32 Å². The molecule has 8 heteroatoms. The second kappa shape index (κ2) is 5.98. The van der Waals surface area contributed by atoms with Crippen LogP contribution in [0.15, 0.2) is 47.4 Å². The summed E-state index contributed by atoms with van der Waals surface area (Å²) in [6.45, 7) is 0. The van der Waals surface area contributed by atoms with Crippen LogP contribution < -0.4 is 15.6 Å². The Bertz CT molecular complexity index is 875. The summed E-state index contributed by atoms with van der Waals surface area (Å²) in [5.41, 5.74) is 1.91. The first kappa shape index (κ1) is 15.4. The second-order valence-corrected chi connectivity index (χ2v) is 7.00. The molecule has 2 amide bonds. The summed E-state index contributed by atoms with van der Waals surface area (Å²) >= 11 is 0. The van der Waals surface area contributed by atoms with E-state index < -0.39 is 21.8 Å². The SMILES string of the molecule is O=C(NNS(=O)(=O)c1ccc2ccccc2c1)C(=O)NC1CC1. The van der Waals surface area contributed by atoms with Gasteiger partial charge in [-0.05, 0) is 35.7 Å². The lowest BCUT2D eigenvalue weighted by molar-refractivity contribution is -0.139. The van der Waals surface area contributed by atoms with Crippen molar-refractivity contribution in [2.24, 2.45) is 0 Å². The number of carbonyl (C=O) groups is 2. The first-order chi connectivity index (χ1) is 11.0. The first-order valence-corrected chi connectivity index (χ1v) is 8.55. The Morgan fingerprint density at radius 2 is 1.65 bits per heavy atom. The van der Waals surface area contributed by atoms with Crippen LogP contribution in [0.1, 0.15) is 12.8 Å². The number of sulfonamides is 1. The number of carbonyl (C=O) groups excluding carboxylic acids is 2. The van der Waals surface area contributed by atoms with Crippen molar-refractivity contribution in [3.8, 4) is 0 Å². The number of hydrogen-bond donors (Lipinski definition) is 3. The minimum absolute atomic E-state index is 0.000832. The van der Waals surface area contributed by atoms with E-state index in [0.29, 0.717) is 0 Å². The number of nitrogens with one attached hydrogen (secondary N) is 3. The number of fused-ring (bicyclic) bond motifs is 1. The van der Waals surface area contributed by atoms with Crippen LogP contribution in [0.5, 0.6) is 0 Å². The molecule has 0 radical (unpaired) electrons. The van der Waals surface area contributed by atoms with Crippen molar-refractivity contribution in [3.63, 3.8) is 0 Å². The van der Waals surface area contributed by atoms with Crippen LogP contribution in [-0.2, 0) is 19.6 Å². The van der Waals surface area contributed by atoms with Crippen LogP contribution in [0, 0.1) is 0 Å². The zero-order chi connectivity index (χ0) is 16.4. The zero-order valence-electron chi connectivity index (χ0n) is 12.1. The van der Waals surface area contributed by atoms with E-state index in [9.17, 15) is 18.0 Å². The largest absolute Gasteiger partial charge is 0.345 e. The summed E-state index contributed by atoms with van der Waals surface area (Å²) in [5, 5.41) is 4.13. The Labute approximate surface area is 133 Å². The van der Waals surface area contributed by atoms with Gasteiger partial charge in [-0.1, -0.05) is 30.3 Å². The van der Waals surface area contributed by atoms with Gasteiger partial charge in [0.15, 0.2) is 0 Å². The fraction of sp³-hybridized carbons (Fsp3) is 0.200. The average molecular weight is 333 g/mol. The number of hydrogen-bond acceptors (Lipinski definition) is 4. The molecule has 1 fully saturated rings. The number of hydrazine groups is 1. The van der Waals surface area contributed by atoms with Crippen molar-refractivity contribution < 1.29 is 18.0 Å². The summed E-state index contributed by atoms with van der Waals surface area (Å²) in [5.74, 6) is -1.89. The molecule has 0 bridgehead atoms. The molecule has 120 valence electrons. The highest BCUT2D eigenvalue weighted by Crippen LogP contribution is 2.19. The van der Waals surface area contributed by atoms with Crippen molar-refractivity contribution in [1.82, 2.24) is 15.6 Å². The van der Waals surface area contributed by atoms with Crippen molar-refractivity contribution in [1.29, 1.82) is 0 Å². The van der Waals surface area contributed by atoms with Crippen molar-refractivity contribution in [2.45, 2.75) is 23.8 Å². The normalized spacial score (nSPS) is 14.4. The monoisotopic (exact) mass is 333 g/mol. The van der Waals surface area contributed by atoms with Gasteiger partial charge in [0.25, 0.3) is 10.0 Å². The number of amides is 2. The van der Waals surface area contributed by atoms with Crippen molar-refractivity contribution >= 4 is 32.6 Å². The molecule has 0 spiro atoms. The van der Waals surface area contributed by atoms with E-state index >= 15 is 0 Å². The Morgan fingerprint density at radius 1 is 0.957 bits per heavy atom. The van der Waals surface area contributed by atoms with Crippen LogP contribution in [0.25, 0.3) is 10.8 Å². The highest BCUT2D eigenvalue weighted by molar-refractivity contribution is 7.89. The lowest BCUT2D eigenvalue weighted by Crippen LogP contribution is -2.48. The zero-order valence-corrected chi connectivity index (χ0v) is 12.9. The molecule has 2 aromatic rings.